The lowest BCUT2D eigenvalue weighted by atomic mass is 9.70. The number of benzene rings is 11. The van der Waals surface area contributed by atoms with Gasteiger partial charge in [0.2, 0.25) is 0 Å². The van der Waals surface area contributed by atoms with E-state index >= 15 is 0 Å². The maximum Gasteiger partial charge on any atom is 0.0726 e. The maximum atomic E-state index is 2.58. The highest BCUT2D eigenvalue weighted by atomic mass is 32.1. The molecule has 0 fully saturated rings. The number of thiophene rings is 1. The Hall–Kier alpha value is -8.50. The zero-order chi connectivity index (χ0) is 46.7. The van der Waals surface area contributed by atoms with Gasteiger partial charge in [-0.2, -0.15) is 0 Å². The lowest BCUT2D eigenvalue weighted by molar-refractivity contribution is 0.632. The molecule has 2 nitrogen and oxygen atoms in total. The van der Waals surface area contributed by atoms with Gasteiger partial charge >= 0.3 is 0 Å². The lowest BCUT2D eigenvalue weighted by Crippen LogP contribution is -2.31. The highest BCUT2D eigenvalue weighted by molar-refractivity contribution is 7.25. The molecule has 3 aliphatic rings. The van der Waals surface area contributed by atoms with Gasteiger partial charge < -0.3 is 9.47 Å². The second-order valence-electron chi connectivity index (χ2n) is 20.4. The van der Waals surface area contributed by atoms with Crippen molar-refractivity contribution < 1.29 is 0 Å². The summed E-state index contributed by atoms with van der Waals surface area (Å²) in [7, 11) is 0. The standard InChI is InChI=1S/C68H44N2S/c1-67(2)56-24-11-13-27-61(56)70(63-28-15-25-57-66(63)50-20-5-10-23-55(50)68(57)53-21-8-3-16-46(53)47-17-4-9-22-54(47)68)62-35-32-43(39-58(62)67)41-31-34-60-51(37-41)48-18-6-12-26-59(48)69(60)45-33-30-42-38-52-49-19-7-14-29-64(49)71-65(52)40-44(42)36-45/h3-40H,1-2H3. The fourth-order valence-corrected chi connectivity index (χ4v) is 14.6. The van der Waals surface area contributed by atoms with Crippen LogP contribution in [0.5, 0.6) is 0 Å². The molecule has 1 aliphatic heterocycles. The average Bonchev–Trinajstić information content (AvgIpc) is 4.15. The molecule has 16 rings (SSSR count). The lowest BCUT2D eigenvalue weighted by Gasteiger charge is -2.43. The van der Waals surface area contributed by atoms with Crippen molar-refractivity contribution in [1.29, 1.82) is 0 Å². The summed E-state index contributed by atoms with van der Waals surface area (Å²) in [6.07, 6.45) is 0. The van der Waals surface area contributed by atoms with Crippen LogP contribution in [0.25, 0.3) is 91.8 Å². The van der Waals surface area contributed by atoms with Crippen molar-refractivity contribution in [1.82, 2.24) is 4.57 Å². The zero-order valence-electron chi connectivity index (χ0n) is 39.2. The van der Waals surface area contributed by atoms with Gasteiger partial charge in [0.15, 0.2) is 0 Å². The smallest absolute Gasteiger partial charge is 0.0726 e. The Morgan fingerprint density at radius 3 is 1.77 bits per heavy atom. The molecule has 71 heavy (non-hydrogen) atoms. The van der Waals surface area contributed by atoms with Crippen LogP contribution in [-0.2, 0) is 10.8 Å². The monoisotopic (exact) mass is 920 g/mol. The molecule has 3 heteroatoms. The highest BCUT2D eigenvalue weighted by Gasteiger charge is 2.52. The van der Waals surface area contributed by atoms with E-state index in [0.717, 1.165) is 0 Å². The number of hydrogen-bond donors (Lipinski definition) is 0. The second kappa shape index (κ2) is 14.1. The fraction of sp³-hybridized carbons (Fsp3) is 0.0588. The third-order valence-corrected chi connectivity index (χ3v) is 17.7. The summed E-state index contributed by atoms with van der Waals surface area (Å²) in [5.41, 5.74) is 22.3. The van der Waals surface area contributed by atoms with E-state index < -0.39 is 5.41 Å². The number of hydrogen-bond acceptors (Lipinski definition) is 2. The van der Waals surface area contributed by atoms with Crippen molar-refractivity contribution >= 4 is 81.1 Å². The molecule has 0 bridgehead atoms. The molecule has 0 unspecified atom stereocenters. The number of anilines is 3. The number of para-hydroxylation sites is 2. The van der Waals surface area contributed by atoms with Gasteiger partial charge in [-0.15, -0.1) is 11.3 Å². The molecule has 1 spiro atoms. The van der Waals surface area contributed by atoms with Crippen LogP contribution < -0.4 is 4.90 Å². The Morgan fingerprint density at radius 2 is 0.958 bits per heavy atom. The minimum atomic E-state index is -0.418. The van der Waals surface area contributed by atoms with Crippen molar-refractivity contribution in [3.8, 4) is 39.1 Å². The summed E-state index contributed by atoms with van der Waals surface area (Å²) in [4.78, 5) is 2.58. The van der Waals surface area contributed by atoms with Crippen molar-refractivity contribution in [2.24, 2.45) is 0 Å². The molecule has 0 saturated carbocycles. The minimum Gasteiger partial charge on any atom is -0.309 e. The largest absolute Gasteiger partial charge is 0.309 e. The number of fused-ring (bicyclic) bond motifs is 19. The molecule has 0 N–H and O–H groups in total. The molecule has 0 saturated heterocycles. The molecular formula is C68H44N2S. The Morgan fingerprint density at radius 1 is 0.352 bits per heavy atom. The summed E-state index contributed by atoms with van der Waals surface area (Å²) >= 11 is 1.88. The second-order valence-corrected chi connectivity index (χ2v) is 21.4. The van der Waals surface area contributed by atoms with E-state index in [-0.39, 0.29) is 5.41 Å². The molecule has 332 valence electrons. The van der Waals surface area contributed by atoms with Gasteiger partial charge in [-0.1, -0.05) is 172 Å². The van der Waals surface area contributed by atoms with Gasteiger partial charge in [-0.05, 0) is 145 Å². The molecule has 0 radical (unpaired) electrons. The number of rotatable bonds is 3. The molecule has 13 aromatic rings. The number of nitrogens with zero attached hydrogens (tertiary/aromatic N) is 2. The highest BCUT2D eigenvalue weighted by Crippen LogP contribution is 2.65. The summed E-state index contributed by atoms with van der Waals surface area (Å²) < 4.78 is 5.12. The molecular weight excluding hydrogens is 877 g/mol. The van der Waals surface area contributed by atoms with E-state index in [4.69, 9.17) is 0 Å². The van der Waals surface area contributed by atoms with Crippen LogP contribution in [0.1, 0.15) is 47.2 Å². The third-order valence-electron chi connectivity index (χ3n) is 16.6. The zero-order valence-corrected chi connectivity index (χ0v) is 40.1. The minimum absolute atomic E-state index is 0.267. The van der Waals surface area contributed by atoms with Crippen LogP contribution >= 0.6 is 11.3 Å². The Bertz CT molecular complexity index is 4420. The normalized spacial score (nSPS) is 14.5. The van der Waals surface area contributed by atoms with Crippen LogP contribution in [0, 0.1) is 0 Å². The van der Waals surface area contributed by atoms with Crippen LogP contribution in [0.15, 0.2) is 231 Å². The first-order valence-electron chi connectivity index (χ1n) is 24.8. The molecule has 11 aromatic carbocycles. The van der Waals surface area contributed by atoms with E-state index in [1.54, 1.807) is 0 Å². The first kappa shape index (κ1) is 39.4. The van der Waals surface area contributed by atoms with Gasteiger partial charge in [0.05, 0.1) is 33.5 Å². The molecule has 0 amide bonds. The quantitative estimate of drug-likeness (QED) is 0.171. The first-order valence-corrected chi connectivity index (χ1v) is 25.6. The average molecular weight is 921 g/mol. The van der Waals surface area contributed by atoms with E-state index in [2.05, 4.69) is 254 Å². The fourth-order valence-electron chi connectivity index (χ4n) is 13.5. The Labute approximate surface area is 416 Å². The van der Waals surface area contributed by atoms with Crippen molar-refractivity contribution in [3.63, 3.8) is 0 Å². The van der Waals surface area contributed by atoms with E-state index in [1.165, 1.54) is 142 Å². The van der Waals surface area contributed by atoms with Crippen molar-refractivity contribution in [3.05, 3.63) is 264 Å². The number of aromatic nitrogens is 1. The topological polar surface area (TPSA) is 8.17 Å². The Kier molecular flexibility index (Phi) is 7.80. The predicted octanol–water partition coefficient (Wildman–Crippen LogP) is 18.4. The van der Waals surface area contributed by atoms with Crippen molar-refractivity contribution in [2.75, 3.05) is 4.90 Å². The Balaban J connectivity index is 0.862. The molecule has 2 aliphatic carbocycles. The first-order chi connectivity index (χ1) is 35.0. The molecule has 3 heterocycles. The van der Waals surface area contributed by atoms with Crippen LogP contribution in [-0.4, -0.2) is 4.57 Å². The van der Waals surface area contributed by atoms with E-state index in [1.807, 2.05) is 11.3 Å². The summed E-state index contributed by atoms with van der Waals surface area (Å²) in [6, 6.07) is 87.3. The predicted molar refractivity (Wildman–Crippen MR) is 300 cm³/mol. The third kappa shape index (κ3) is 5.11. The van der Waals surface area contributed by atoms with Crippen LogP contribution in [0.3, 0.4) is 0 Å². The summed E-state index contributed by atoms with van der Waals surface area (Å²) in [6.45, 7) is 4.81. The van der Waals surface area contributed by atoms with Crippen molar-refractivity contribution in [2.45, 2.75) is 24.7 Å². The SMILES string of the molecule is CC1(C)c2ccccc2N(c2cccc3c2-c2ccccc2C32c3ccccc3-c3ccccc32)c2ccc(-c3ccc4c(c3)c3ccccc3n4-c3ccc4cc5c(cc4c3)sc3ccccc35)cc21. The van der Waals surface area contributed by atoms with E-state index in [0.29, 0.717) is 0 Å². The van der Waals surface area contributed by atoms with Gasteiger partial charge in [0, 0.05) is 47.6 Å². The van der Waals surface area contributed by atoms with Gasteiger partial charge in [0.25, 0.3) is 0 Å². The van der Waals surface area contributed by atoms with Gasteiger partial charge in [-0.25, -0.2) is 0 Å². The summed E-state index contributed by atoms with van der Waals surface area (Å²) in [5, 5.41) is 7.70. The molecule has 2 aromatic heterocycles. The van der Waals surface area contributed by atoms with Gasteiger partial charge in [0.1, 0.15) is 0 Å². The van der Waals surface area contributed by atoms with Crippen LogP contribution in [0.2, 0.25) is 0 Å². The van der Waals surface area contributed by atoms with Gasteiger partial charge in [-0.3, -0.25) is 0 Å². The summed E-state index contributed by atoms with van der Waals surface area (Å²) in [5.74, 6) is 0. The maximum absolute atomic E-state index is 2.58. The van der Waals surface area contributed by atoms with Crippen LogP contribution in [0.4, 0.5) is 17.1 Å². The molecule has 0 atom stereocenters. The van der Waals surface area contributed by atoms with E-state index in [9.17, 15) is 0 Å².